The summed E-state index contributed by atoms with van der Waals surface area (Å²) in [5.74, 6) is 0.344. The molecule has 0 aromatic heterocycles. The first-order chi connectivity index (χ1) is 15.4. The smallest absolute Gasteiger partial charge is 0.257 e. The van der Waals surface area contributed by atoms with Crippen LogP contribution in [0.5, 0.6) is 11.5 Å². The molecule has 0 saturated heterocycles. The molecule has 0 unspecified atom stereocenters. The highest BCUT2D eigenvalue weighted by atomic mass is 79.9. The molecule has 0 heterocycles. The molecule has 0 fully saturated rings. The van der Waals surface area contributed by atoms with E-state index in [1.807, 2.05) is 18.2 Å². The summed E-state index contributed by atoms with van der Waals surface area (Å²) in [5, 5.41) is 5.89. The van der Waals surface area contributed by atoms with Crippen LogP contribution in [0.3, 0.4) is 0 Å². The van der Waals surface area contributed by atoms with E-state index in [1.165, 1.54) is 13.2 Å². The molecule has 8 heteroatoms. The van der Waals surface area contributed by atoms with Gasteiger partial charge in [0.15, 0.2) is 0 Å². The molecule has 0 saturated carbocycles. The van der Waals surface area contributed by atoms with Crippen molar-refractivity contribution in [2.75, 3.05) is 24.9 Å². The highest BCUT2D eigenvalue weighted by molar-refractivity contribution is 9.10. The van der Waals surface area contributed by atoms with Crippen molar-refractivity contribution in [2.45, 2.75) is 0 Å². The maximum atomic E-state index is 12.5. The van der Waals surface area contributed by atoms with Gasteiger partial charge in [-0.1, -0.05) is 39.7 Å². The number of nitrogens with one attached hydrogen (secondary N) is 2. The van der Waals surface area contributed by atoms with Gasteiger partial charge in [0.1, 0.15) is 11.5 Å². The lowest BCUT2D eigenvalue weighted by Crippen LogP contribution is -2.13. The van der Waals surface area contributed by atoms with Gasteiger partial charge in [0.2, 0.25) is 5.91 Å². The molecule has 0 aliphatic rings. The van der Waals surface area contributed by atoms with Crippen LogP contribution < -0.4 is 20.1 Å². The Kier molecular flexibility index (Phi) is 7.92. The summed E-state index contributed by atoms with van der Waals surface area (Å²) in [4.78, 5) is 24.9. The van der Waals surface area contributed by atoms with Crippen LogP contribution in [0.15, 0.2) is 71.2 Å². The van der Waals surface area contributed by atoms with E-state index in [9.17, 15) is 9.59 Å². The Balaban J connectivity index is 1.72. The van der Waals surface area contributed by atoms with Crippen LogP contribution in [-0.2, 0) is 4.79 Å². The van der Waals surface area contributed by atoms with E-state index in [2.05, 4.69) is 26.6 Å². The topological polar surface area (TPSA) is 76.7 Å². The Morgan fingerprint density at radius 1 is 0.938 bits per heavy atom. The van der Waals surface area contributed by atoms with Gasteiger partial charge < -0.3 is 20.1 Å². The maximum Gasteiger partial charge on any atom is 0.257 e. The maximum absolute atomic E-state index is 12.5. The minimum Gasteiger partial charge on any atom is -0.496 e. The SMILES string of the molecule is COc1ccc(Br)cc1/C=C/C(=O)Nc1ccc(NC(=O)c2ccccc2Cl)c(OC)c1. The minimum absolute atomic E-state index is 0.332. The summed E-state index contributed by atoms with van der Waals surface area (Å²) in [7, 11) is 3.05. The number of amides is 2. The lowest BCUT2D eigenvalue weighted by molar-refractivity contribution is -0.111. The minimum atomic E-state index is -0.364. The number of hydrogen-bond acceptors (Lipinski definition) is 4. The van der Waals surface area contributed by atoms with Crippen molar-refractivity contribution in [1.82, 2.24) is 0 Å². The van der Waals surface area contributed by atoms with Gasteiger partial charge in [0.05, 0.1) is 30.5 Å². The number of rotatable bonds is 7. The Morgan fingerprint density at radius 3 is 2.41 bits per heavy atom. The molecular weight excluding hydrogens is 496 g/mol. The standard InChI is InChI=1S/C24H20BrClN2O4/c1-31-21-11-8-16(25)13-15(21)7-12-23(29)27-17-9-10-20(22(14-17)32-2)28-24(30)18-5-3-4-6-19(18)26/h3-14H,1-2H3,(H,27,29)(H,28,30)/b12-7+. The third-order valence-electron chi connectivity index (χ3n) is 4.44. The van der Waals surface area contributed by atoms with Crippen LogP contribution in [0, 0.1) is 0 Å². The van der Waals surface area contributed by atoms with Crippen molar-refractivity contribution in [2.24, 2.45) is 0 Å². The number of benzene rings is 3. The molecule has 3 aromatic carbocycles. The van der Waals surface area contributed by atoms with Gasteiger partial charge in [-0.2, -0.15) is 0 Å². The lowest BCUT2D eigenvalue weighted by atomic mass is 10.2. The summed E-state index contributed by atoms with van der Waals surface area (Å²) in [5.41, 5.74) is 2.06. The van der Waals surface area contributed by atoms with Gasteiger partial charge in [0, 0.05) is 27.9 Å². The first-order valence-electron chi connectivity index (χ1n) is 9.48. The van der Waals surface area contributed by atoms with Crippen LogP contribution >= 0.6 is 27.5 Å². The van der Waals surface area contributed by atoms with Crippen molar-refractivity contribution in [3.63, 3.8) is 0 Å². The van der Waals surface area contributed by atoms with Gasteiger partial charge in [0.25, 0.3) is 5.91 Å². The summed E-state index contributed by atoms with van der Waals surface area (Å²) in [6.45, 7) is 0. The number of anilines is 2. The van der Waals surface area contributed by atoms with Crippen molar-refractivity contribution in [1.29, 1.82) is 0 Å². The average Bonchev–Trinajstić information content (AvgIpc) is 2.79. The molecule has 32 heavy (non-hydrogen) atoms. The van der Waals surface area contributed by atoms with E-state index in [0.29, 0.717) is 33.5 Å². The van der Waals surface area contributed by atoms with E-state index in [0.717, 1.165) is 10.0 Å². The molecular formula is C24H20BrClN2O4. The van der Waals surface area contributed by atoms with Crippen LogP contribution in [-0.4, -0.2) is 26.0 Å². The quantitative estimate of drug-likeness (QED) is 0.377. The summed E-state index contributed by atoms with van der Waals surface area (Å²) in [6, 6.07) is 17.2. The van der Waals surface area contributed by atoms with Crippen molar-refractivity contribution >= 4 is 56.8 Å². The third-order valence-corrected chi connectivity index (χ3v) is 5.26. The zero-order valence-corrected chi connectivity index (χ0v) is 19.7. The van der Waals surface area contributed by atoms with E-state index < -0.39 is 0 Å². The molecule has 0 radical (unpaired) electrons. The fraction of sp³-hybridized carbons (Fsp3) is 0.0833. The third kappa shape index (κ3) is 5.90. The van der Waals surface area contributed by atoms with Crippen LogP contribution in [0.25, 0.3) is 6.08 Å². The van der Waals surface area contributed by atoms with E-state index in [-0.39, 0.29) is 11.8 Å². The summed E-state index contributed by atoms with van der Waals surface area (Å²) < 4.78 is 11.5. The molecule has 2 amide bonds. The number of halogens is 2. The van der Waals surface area contributed by atoms with Gasteiger partial charge in [-0.15, -0.1) is 0 Å². The highest BCUT2D eigenvalue weighted by Gasteiger charge is 2.13. The zero-order chi connectivity index (χ0) is 23.1. The molecule has 3 aromatic rings. The Hall–Kier alpha value is -3.29. The highest BCUT2D eigenvalue weighted by Crippen LogP contribution is 2.29. The fourth-order valence-electron chi connectivity index (χ4n) is 2.89. The van der Waals surface area contributed by atoms with Gasteiger partial charge in [-0.05, 0) is 48.5 Å². The molecule has 0 spiro atoms. The molecule has 0 aliphatic carbocycles. The summed E-state index contributed by atoms with van der Waals surface area (Å²) in [6.07, 6.45) is 3.07. The van der Waals surface area contributed by atoms with Crippen LogP contribution in [0.1, 0.15) is 15.9 Å². The number of methoxy groups -OCH3 is 2. The van der Waals surface area contributed by atoms with Crippen LogP contribution in [0.2, 0.25) is 5.02 Å². The molecule has 2 N–H and O–H groups in total. The number of carbonyl (C=O) groups is 2. The first-order valence-corrected chi connectivity index (χ1v) is 10.6. The van der Waals surface area contributed by atoms with Gasteiger partial charge in [-0.3, -0.25) is 9.59 Å². The average molecular weight is 516 g/mol. The van der Waals surface area contributed by atoms with Crippen molar-refractivity contribution < 1.29 is 19.1 Å². The fourth-order valence-corrected chi connectivity index (χ4v) is 3.49. The second-order valence-electron chi connectivity index (χ2n) is 6.56. The molecule has 0 aliphatic heterocycles. The molecule has 0 bridgehead atoms. The summed E-state index contributed by atoms with van der Waals surface area (Å²) >= 11 is 9.49. The molecule has 164 valence electrons. The zero-order valence-electron chi connectivity index (χ0n) is 17.3. The predicted molar refractivity (Wildman–Crippen MR) is 131 cm³/mol. The lowest BCUT2D eigenvalue weighted by Gasteiger charge is -2.13. The Morgan fingerprint density at radius 2 is 1.69 bits per heavy atom. The predicted octanol–water partition coefficient (Wildman–Crippen LogP) is 6.02. The van der Waals surface area contributed by atoms with Gasteiger partial charge in [-0.25, -0.2) is 0 Å². The molecule has 3 rings (SSSR count). The van der Waals surface area contributed by atoms with Crippen molar-refractivity contribution in [3.8, 4) is 11.5 Å². The second kappa shape index (κ2) is 10.8. The number of hydrogen-bond donors (Lipinski definition) is 2. The van der Waals surface area contributed by atoms with Gasteiger partial charge >= 0.3 is 0 Å². The van der Waals surface area contributed by atoms with Crippen molar-refractivity contribution in [3.05, 3.63) is 87.4 Å². The van der Waals surface area contributed by atoms with Crippen LogP contribution in [0.4, 0.5) is 11.4 Å². The number of carbonyl (C=O) groups excluding carboxylic acids is 2. The largest absolute Gasteiger partial charge is 0.496 e. The van der Waals surface area contributed by atoms with E-state index in [1.54, 1.807) is 55.7 Å². The Bertz CT molecular complexity index is 1180. The first kappa shape index (κ1) is 23.4. The normalized spacial score (nSPS) is 10.6. The molecule has 6 nitrogen and oxygen atoms in total. The Labute approximate surface area is 199 Å². The number of ether oxygens (including phenoxy) is 2. The monoisotopic (exact) mass is 514 g/mol. The second-order valence-corrected chi connectivity index (χ2v) is 7.88. The molecule has 0 atom stereocenters. The van der Waals surface area contributed by atoms with E-state index in [4.69, 9.17) is 21.1 Å². The van der Waals surface area contributed by atoms with E-state index >= 15 is 0 Å².